The molecular formula is C23H31N3O6S. The van der Waals surface area contributed by atoms with Crippen LogP contribution >= 0.6 is 0 Å². The summed E-state index contributed by atoms with van der Waals surface area (Å²) in [7, 11) is -3.66. The zero-order valence-corrected chi connectivity index (χ0v) is 19.6. The Hall–Kier alpha value is -2.24. The van der Waals surface area contributed by atoms with Crippen molar-refractivity contribution in [3.8, 4) is 0 Å². The molecule has 180 valence electrons. The molecule has 1 aromatic heterocycles. The molecule has 2 saturated heterocycles. The molecule has 2 aliphatic rings. The highest BCUT2D eigenvalue weighted by Gasteiger charge is 2.26. The third-order valence-corrected chi connectivity index (χ3v) is 7.42. The van der Waals surface area contributed by atoms with Gasteiger partial charge in [0, 0.05) is 38.3 Å². The standard InChI is InChI=1S/C23H31N3O6S/c1-17-4-9-22(32-17)21(26-10-13-30-14-11-26)16-24-23(27)18-5-7-20(8-6-18)33(28,29)25-15-19-3-2-12-31-19/h4-9,19,21,25H,2-3,10-16H2,1H3,(H,24,27)/t19-,21+/m0/s1. The molecule has 0 saturated carbocycles. The summed E-state index contributed by atoms with van der Waals surface area (Å²) in [6.45, 7) is 5.97. The number of rotatable bonds is 9. The average Bonchev–Trinajstić information content (AvgIpc) is 3.51. The third kappa shape index (κ3) is 6.21. The second-order valence-corrected chi connectivity index (χ2v) is 10.1. The zero-order valence-electron chi connectivity index (χ0n) is 18.8. The molecule has 3 heterocycles. The Morgan fingerprint density at radius 1 is 1.12 bits per heavy atom. The first kappa shape index (κ1) is 23.9. The summed E-state index contributed by atoms with van der Waals surface area (Å²) in [5, 5.41) is 2.96. The van der Waals surface area contributed by atoms with Crippen molar-refractivity contribution in [3.05, 3.63) is 53.5 Å². The Kier molecular flexibility index (Phi) is 7.82. The predicted molar refractivity (Wildman–Crippen MR) is 122 cm³/mol. The van der Waals surface area contributed by atoms with Gasteiger partial charge in [0.15, 0.2) is 0 Å². The van der Waals surface area contributed by atoms with E-state index < -0.39 is 10.0 Å². The number of nitrogens with zero attached hydrogens (tertiary/aromatic N) is 1. The van der Waals surface area contributed by atoms with Crippen LogP contribution in [-0.4, -0.2) is 71.3 Å². The Balaban J connectivity index is 1.36. The molecule has 2 fully saturated rings. The minimum absolute atomic E-state index is 0.0813. The first-order chi connectivity index (χ1) is 15.9. The van der Waals surface area contributed by atoms with Gasteiger partial charge in [0.05, 0.1) is 30.3 Å². The fourth-order valence-corrected chi connectivity index (χ4v) is 5.17. The van der Waals surface area contributed by atoms with E-state index >= 15 is 0 Å². The third-order valence-electron chi connectivity index (χ3n) is 5.98. The molecule has 0 aliphatic carbocycles. The molecule has 0 unspecified atom stereocenters. The average molecular weight is 478 g/mol. The van der Waals surface area contributed by atoms with Gasteiger partial charge in [-0.2, -0.15) is 0 Å². The van der Waals surface area contributed by atoms with Crippen molar-refractivity contribution in [2.45, 2.75) is 36.8 Å². The summed E-state index contributed by atoms with van der Waals surface area (Å²) in [5.41, 5.74) is 0.393. The van der Waals surface area contributed by atoms with Crippen LogP contribution in [0.5, 0.6) is 0 Å². The maximum absolute atomic E-state index is 12.8. The minimum atomic E-state index is -3.66. The Morgan fingerprint density at radius 2 is 1.88 bits per heavy atom. The van der Waals surface area contributed by atoms with Crippen molar-refractivity contribution < 1.29 is 27.1 Å². The van der Waals surface area contributed by atoms with Crippen LogP contribution in [0, 0.1) is 6.92 Å². The number of benzene rings is 1. The fraction of sp³-hybridized carbons (Fsp3) is 0.522. The SMILES string of the molecule is Cc1ccc([C@@H](CNC(=O)c2ccc(S(=O)(=O)NC[C@@H]3CCCO3)cc2)N2CCOCC2)o1. The summed E-state index contributed by atoms with van der Waals surface area (Å²) in [6.07, 6.45) is 1.72. The van der Waals surface area contributed by atoms with E-state index in [9.17, 15) is 13.2 Å². The molecular weight excluding hydrogens is 446 g/mol. The molecule has 10 heteroatoms. The van der Waals surface area contributed by atoms with Crippen LogP contribution in [0.15, 0.2) is 45.7 Å². The highest BCUT2D eigenvalue weighted by atomic mass is 32.2. The van der Waals surface area contributed by atoms with Crippen molar-refractivity contribution in [1.82, 2.24) is 14.9 Å². The molecule has 0 radical (unpaired) electrons. The highest BCUT2D eigenvalue weighted by molar-refractivity contribution is 7.89. The van der Waals surface area contributed by atoms with Gasteiger partial charge in [0.1, 0.15) is 11.5 Å². The number of ether oxygens (including phenoxy) is 2. The molecule has 9 nitrogen and oxygen atoms in total. The summed E-state index contributed by atoms with van der Waals surface area (Å²) >= 11 is 0. The van der Waals surface area contributed by atoms with E-state index in [2.05, 4.69) is 14.9 Å². The van der Waals surface area contributed by atoms with E-state index in [4.69, 9.17) is 13.9 Å². The van der Waals surface area contributed by atoms with Crippen molar-refractivity contribution in [2.75, 3.05) is 46.0 Å². The lowest BCUT2D eigenvalue weighted by Crippen LogP contribution is -2.43. The highest BCUT2D eigenvalue weighted by Crippen LogP contribution is 2.23. The maximum Gasteiger partial charge on any atom is 0.251 e. The van der Waals surface area contributed by atoms with Crippen molar-refractivity contribution in [2.24, 2.45) is 0 Å². The van der Waals surface area contributed by atoms with Gasteiger partial charge < -0.3 is 19.2 Å². The molecule has 4 rings (SSSR count). The van der Waals surface area contributed by atoms with Crippen molar-refractivity contribution in [1.29, 1.82) is 0 Å². The van der Waals surface area contributed by atoms with E-state index in [1.165, 1.54) is 24.3 Å². The number of nitrogens with one attached hydrogen (secondary N) is 2. The largest absolute Gasteiger partial charge is 0.465 e. The van der Waals surface area contributed by atoms with Gasteiger partial charge in [-0.3, -0.25) is 9.69 Å². The number of hydrogen-bond donors (Lipinski definition) is 2. The number of carbonyl (C=O) groups is 1. The molecule has 2 atom stereocenters. The van der Waals surface area contributed by atoms with Gasteiger partial charge in [-0.15, -0.1) is 0 Å². The number of sulfonamides is 1. The number of aryl methyl sites for hydroxylation is 1. The monoisotopic (exact) mass is 477 g/mol. The quantitative estimate of drug-likeness (QED) is 0.567. The predicted octanol–water partition coefficient (Wildman–Crippen LogP) is 1.85. The number of morpholine rings is 1. The van der Waals surface area contributed by atoms with E-state index in [1.54, 1.807) is 0 Å². The topological polar surface area (TPSA) is 110 Å². The van der Waals surface area contributed by atoms with Gasteiger partial charge in [0.25, 0.3) is 5.91 Å². The van der Waals surface area contributed by atoms with Crippen LogP contribution in [-0.2, 0) is 19.5 Å². The minimum Gasteiger partial charge on any atom is -0.465 e. The van der Waals surface area contributed by atoms with Crippen LogP contribution in [0.2, 0.25) is 0 Å². The zero-order chi connectivity index (χ0) is 23.3. The van der Waals surface area contributed by atoms with E-state index in [0.717, 1.165) is 37.5 Å². The van der Waals surface area contributed by atoms with Crippen LogP contribution in [0.25, 0.3) is 0 Å². The summed E-state index contributed by atoms with van der Waals surface area (Å²) < 4.78 is 44.4. The number of hydrogen-bond acceptors (Lipinski definition) is 7. The van der Waals surface area contributed by atoms with E-state index in [-0.39, 0.29) is 29.5 Å². The molecule has 0 spiro atoms. The second-order valence-electron chi connectivity index (χ2n) is 8.33. The molecule has 1 amide bonds. The van der Waals surface area contributed by atoms with Crippen molar-refractivity contribution >= 4 is 15.9 Å². The van der Waals surface area contributed by atoms with Crippen LogP contribution in [0.1, 0.15) is 40.8 Å². The number of amides is 1. The van der Waals surface area contributed by atoms with Gasteiger partial charge in [-0.05, 0) is 56.2 Å². The summed E-state index contributed by atoms with van der Waals surface area (Å²) in [4.78, 5) is 15.1. The molecule has 2 N–H and O–H groups in total. The van der Waals surface area contributed by atoms with E-state index in [1.807, 2.05) is 19.1 Å². The molecule has 2 aliphatic heterocycles. The first-order valence-electron chi connectivity index (χ1n) is 11.3. The van der Waals surface area contributed by atoms with Crippen LogP contribution < -0.4 is 10.0 Å². The number of carbonyl (C=O) groups excluding carboxylic acids is 1. The van der Waals surface area contributed by atoms with Gasteiger partial charge in [-0.1, -0.05) is 0 Å². The molecule has 2 aromatic rings. The Labute approximate surface area is 194 Å². The van der Waals surface area contributed by atoms with Gasteiger partial charge in [-0.25, -0.2) is 13.1 Å². The van der Waals surface area contributed by atoms with Gasteiger partial charge >= 0.3 is 0 Å². The smallest absolute Gasteiger partial charge is 0.251 e. The normalized spacial score (nSPS) is 20.6. The maximum atomic E-state index is 12.8. The summed E-state index contributed by atoms with van der Waals surface area (Å²) in [6, 6.07) is 9.69. The molecule has 33 heavy (non-hydrogen) atoms. The lowest BCUT2D eigenvalue weighted by molar-refractivity contribution is 0.0117. The van der Waals surface area contributed by atoms with Crippen LogP contribution in [0.4, 0.5) is 0 Å². The fourth-order valence-electron chi connectivity index (χ4n) is 4.10. The lowest BCUT2D eigenvalue weighted by atomic mass is 10.1. The lowest BCUT2D eigenvalue weighted by Gasteiger charge is -2.33. The molecule has 1 aromatic carbocycles. The van der Waals surface area contributed by atoms with E-state index in [0.29, 0.717) is 31.9 Å². The molecule has 0 bridgehead atoms. The first-order valence-corrected chi connectivity index (χ1v) is 12.8. The number of furan rings is 1. The Morgan fingerprint density at radius 3 is 2.52 bits per heavy atom. The Bertz CT molecular complexity index is 1020. The van der Waals surface area contributed by atoms with Crippen LogP contribution in [0.3, 0.4) is 0 Å². The summed E-state index contributed by atoms with van der Waals surface area (Å²) in [5.74, 6) is 1.35. The van der Waals surface area contributed by atoms with Gasteiger partial charge in [0.2, 0.25) is 10.0 Å². The second kappa shape index (κ2) is 10.8. The van der Waals surface area contributed by atoms with Crippen molar-refractivity contribution in [3.63, 3.8) is 0 Å².